The first-order valence-corrected chi connectivity index (χ1v) is 11.5. The minimum atomic E-state index is -1.57. The minimum Gasteiger partial charge on any atom is -0.458 e. The lowest BCUT2D eigenvalue weighted by molar-refractivity contribution is -0.157. The Kier molecular flexibility index (Phi) is 6.81. The number of aromatic nitrogens is 2. The van der Waals surface area contributed by atoms with Crippen LogP contribution in [-0.4, -0.2) is 37.3 Å². The third kappa shape index (κ3) is 4.11. The number of hydrogen-bond acceptors (Lipinski definition) is 9. The number of aryl methyl sites for hydroxylation is 1. The third-order valence-electron chi connectivity index (χ3n) is 6.21. The van der Waals surface area contributed by atoms with E-state index in [0.29, 0.717) is 39.0 Å². The van der Waals surface area contributed by atoms with E-state index in [9.17, 15) is 24.2 Å². The van der Waals surface area contributed by atoms with Gasteiger partial charge in [-0.15, -0.1) is 0 Å². The van der Waals surface area contributed by atoms with Gasteiger partial charge < -0.3 is 30.3 Å². The molecule has 3 aromatic rings. The van der Waals surface area contributed by atoms with E-state index in [1.54, 1.807) is 19.1 Å². The smallest absolute Gasteiger partial charge is 0.340 e. The first-order chi connectivity index (χ1) is 17.2. The molecule has 2 aliphatic rings. The molecule has 0 fully saturated rings. The Morgan fingerprint density at radius 1 is 1.31 bits per heavy atom. The number of aliphatic hydroxyl groups excluding tert-OH is 2. The fraction of sp³-hybridized carbons (Fsp3) is 0.320. The number of nitrogens with two attached hydrogens (primary N) is 2. The number of carbonyl (C=O) groups is 1. The van der Waals surface area contributed by atoms with Crippen LogP contribution in [0.4, 0.5) is 4.39 Å². The van der Waals surface area contributed by atoms with Crippen LogP contribution in [0.5, 0.6) is 0 Å². The molecular weight excluding hydrogens is 469 g/mol. The van der Waals surface area contributed by atoms with Crippen LogP contribution in [0.2, 0.25) is 0 Å². The Bertz CT molecular complexity index is 1470. The van der Waals surface area contributed by atoms with E-state index in [-0.39, 0.29) is 43.1 Å². The third-order valence-corrected chi connectivity index (χ3v) is 6.21. The van der Waals surface area contributed by atoms with Gasteiger partial charge in [-0.25, -0.2) is 20.0 Å². The van der Waals surface area contributed by atoms with Crippen molar-refractivity contribution >= 4 is 16.9 Å². The molecule has 2 aromatic heterocycles. The van der Waals surface area contributed by atoms with Crippen molar-refractivity contribution in [1.29, 1.82) is 0 Å². The molecule has 0 saturated heterocycles. The first-order valence-electron chi connectivity index (χ1n) is 11.5. The Balaban J connectivity index is 0.00000148. The molecule has 0 amide bonds. The molecular formula is C25H28FN5O5. The van der Waals surface area contributed by atoms with E-state index in [1.807, 2.05) is 13.8 Å². The molecule has 10 nitrogen and oxygen atoms in total. The van der Waals surface area contributed by atoms with Gasteiger partial charge in [0.15, 0.2) is 6.10 Å². The number of fused-ring (bicyclic) bond motifs is 5. The van der Waals surface area contributed by atoms with Gasteiger partial charge in [0.2, 0.25) is 0 Å². The molecule has 0 aliphatic carbocycles. The number of carbonyl (C=O) groups excluding carboxylic acids is 1. The molecule has 0 spiro atoms. The maximum Gasteiger partial charge on any atom is 0.340 e. The molecule has 0 saturated carbocycles. The molecule has 5 rings (SSSR count). The van der Waals surface area contributed by atoms with Crippen molar-refractivity contribution in [2.24, 2.45) is 11.6 Å². The van der Waals surface area contributed by atoms with Gasteiger partial charge in [0.25, 0.3) is 5.56 Å². The Morgan fingerprint density at radius 2 is 2.03 bits per heavy atom. The summed E-state index contributed by atoms with van der Waals surface area (Å²) in [5, 5.41) is 21.5. The standard InChI is InChI=1S/C23H22FN5O5.C2H6/c1-10-2-12-14(6-28(26)5-11(25)8-30)15-7-29-19(20(15)27-18(12)4-17(10)24)3-13-16(22(29)32)9-34-23(33)21(13)31;1-2/h2-5,21,30-31H,6-9,25-26H2,1H3;1-2H3/b11-5-;. The molecule has 1 aromatic carbocycles. The Morgan fingerprint density at radius 3 is 2.72 bits per heavy atom. The zero-order chi connectivity index (χ0) is 26.3. The zero-order valence-corrected chi connectivity index (χ0v) is 20.2. The molecule has 190 valence electrons. The molecule has 1 unspecified atom stereocenters. The minimum absolute atomic E-state index is 0.139. The zero-order valence-electron chi connectivity index (χ0n) is 20.2. The number of nitrogens with zero attached hydrogens (tertiary/aromatic N) is 3. The molecule has 11 heteroatoms. The van der Waals surface area contributed by atoms with Crippen molar-refractivity contribution in [3.05, 3.63) is 74.1 Å². The number of ether oxygens (including phenoxy) is 1. The number of halogens is 1. The SMILES string of the molecule is CC.Cc1cc2c(CN(N)/C=C(\N)CO)c3c(nc2cc1F)-c1cc2c(c(=O)n1C3)COC(=O)C2O. The van der Waals surface area contributed by atoms with Gasteiger partial charge in [0, 0.05) is 28.8 Å². The second-order valence-corrected chi connectivity index (χ2v) is 8.44. The summed E-state index contributed by atoms with van der Waals surface area (Å²) in [5.41, 5.74) is 8.88. The number of pyridine rings is 2. The van der Waals surface area contributed by atoms with Crippen molar-refractivity contribution in [3.8, 4) is 11.4 Å². The molecule has 6 N–H and O–H groups in total. The van der Waals surface area contributed by atoms with E-state index in [4.69, 9.17) is 16.3 Å². The summed E-state index contributed by atoms with van der Waals surface area (Å²) < 4.78 is 20.8. The lowest BCUT2D eigenvalue weighted by atomic mass is 9.97. The lowest BCUT2D eigenvalue weighted by Gasteiger charge is -2.21. The number of hydrogen-bond donors (Lipinski definition) is 4. The maximum atomic E-state index is 14.4. The highest BCUT2D eigenvalue weighted by Gasteiger charge is 2.34. The normalized spacial score (nSPS) is 16.0. The van der Waals surface area contributed by atoms with Crippen LogP contribution in [0, 0.1) is 12.7 Å². The van der Waals surface area contributed by atoms with E-state index in [1.165, 1.54) is 21.8 Å². The average Bonchev–Trinajstić information content (AvgIpc) is 3.23. The van der Waals surface area contributed by atoms with Crippen LogP contribution < -0.4 is 17.1 Å². The van der Waals surface area contributed by atoms with Crippen molar-refractivity contribution in [3.63, 3.8) is 0 Å². The topological polar surface area (TPSA) is 157 Å². The second-order valence-electron chi connectivity index (χ2n) is 8.44. The van der Waals surface area contributed by atoms with E-state index < -0.39 is 23.4 Å². The highest BCUT2D eigenvalue weighted by atomic mass is 19.1. The molecule has 4 heterocycles. The largest absolute Gasteiger partial charge is 0.458 e. The second kappa shape index (κ2) is 9.69. The van der Waals surface area contributed by atoms with Gasteiger partial charge in [-0.3, -0.25) is 4.79 Å². The summed E-state index contributed by atoms with van der Waals surface area (Å²) in [6.45, 7) is 5.35. The lowest BCUT2D eigenvalue weighted by Crippen LogP contribution is -2.32. The Hall–Kier alpha value is -3.80. The van der Waals surface area contributed by atoms with Crippen LogP contribution in [0.15, 0.2) is 34.9 Å². The Labute approximate surface area is 206 Å². The summed E-state index contributed by atoms with van der Waals surface area (Å²) in [5.74, 6) is 4.86. The van der Waals surface area contributed by atoms with Gasteiger partial charge in [0.05, 0.1) is 47.9 Å². The molecule has 0 radical (unpaired) electrons. The first kappa shape index (κ1) is 25.3. The number of rotatable bonds is 4. The van der Waals surface area contributed by atoms with Crippen molar-refractivity contribution in [2.75, 3.05) is 6.61 Å². The maximum absolute atomic E-state index is 14.4. The van der Waals surface area contributed by atoms with Gasteiger partial charge >= 0.3 is 5.97 Å². The predicted octanol–water partition coefficient (Wildman–Crippen LogP) is 1.46. The summed E-state index contributed by atoms with van der Waals surface area (Å²) in [4.78, 5) is 29.7. The predicted molar refractivity (Wildman–Crippen MR) is 130 cm³/mol. The number of hydrazine groups is 1. The fourth-order valence-corrected chi connectivity index (χ4v) is 4.50. The van der Waals surface area contributed by atoms with Gasteiger partial charge in [0.1, 0.15) is 12.4 Å². The highest BCUT2D eigenvalue weighted by molar-refractivity contribution is 5.89. The van der Waals surface area contributed by atoms with E-state index in [0.717, 1.165) is 0 Å². The molecule has 0 bridgehead atoms. The average molecular weight is 498 g/mol. The highest BCUT2D eigenvalue weighted by Crippen LogP contribution is 2.38. The molecule has 2 aliphatic heterocycles. The van der Waals surface area contributed by atoms with Crippen molar-refractivity contribution in [2.45, 2.75) is 46.6 Å². The van der Waals surface area contributed by atoms with Gasteiger partial charge in [-0.1, -0.05) is 13.8 Å². The van der Waals surface area contributed by atoms with Crippen LogP contribution in [0.25, 0.3) is 22.3 Å². The quantitative estimate of drug-likeness (QED) is 0.186. The summed E-state index contributed by atoms with van der Waals surface area (Å²) in [6, 6.07) is 4.55. The fourth-order valence-electron chi connectivity index (χ4n) is 4.50. The van der Waals surface area contributed by atoms with Crippen LogP contribution in [0.1, 0.15) is 47.8 Å². The number of esters is 1. The van der Waals surface area contributed by atoms with Gasteiger partial charge in [-0.2, -0.15) is 0 Å². The van der Waals surface area contributed by atoms with E-state index in [2.05, 4.69) is 4.98 Å². The van der Waals surface area contributed by atoms with Crippen molar-refractivity contribution < 1.29 is 24.1 Å². The monoisotopic (exact) mass is 497 g/mol. The number of aliphatic hydroxyl groups is 2. The molecule has 36 heavy (non-hydrogen) atoms. The van der Waals surface area contributed by atoms with Crippen LogP contribution >= 0.6 is 0 Å². The van der Waals surface area contributed by atoms with Crippen LogP contribution in [0.3, 0.4) is 0 Å². The number of benzene rings is 1. The van der Waals surface area contributed by atoms with E-state index >= 15 is 0 Å². The van der Waals surface area contributed by atoms with Gasteiger partial charge in [-0.05, 0) is 30.2 Å². The molecule has 1 atom stereocenters. The number of cyclic esters (lactones) is 1. The summed E-state index contributed by atoms with van der Waals surface area (Å²) >= 11 is 0. The summed E-state index contributed by atoms with van der Waals surface area (Å²) in [7, 11) is 0. The van der Waals surface area contributed by atoms with Crippen LogP contribution in [-0.2, 0) is 29.2 Å². The summed E-state index contributed by atoms with van der Waals surface area (Å²) in [6.07, 6.45) is -0.182. The van der Waals surface area contributed by atoms with Crippen molar-refractivity contribution in [1.82, 2.24) is 14.6 Å².